The number of carbonyl (C=O) groups excluding carboxylic acids is 1. The number of nitrogens with one attached hydrogen (secondary N) is 1. The average Bonchev–Trinajstić information content (AvgIpc) is 2.88. The van der Waals surface area contributed by atoms with Gasteiger partial charge in [-0.05, 0) is 17.4 Å². The van der Waals surface area contributed by atoms with Crippen molar-refractivity contribution in [3.63, 3.8) is 0 Å². The van der Waals surface area contributed by atoms with Gasteiger partial charge in [0.25, 0.3) is 0 Å². The van der Waals surface area contributed by atoms with Crippen LogP contribution in [0.3, 0.4) is 0 Å². The van der Waals surface area contributed by atoms with Crippen molar-refractivity contribution in [2.75, 3.05) is 6.54 Å². The summed E-state index contributed by atoms with van der Waals surface area (Å²) in [4.78, 5) is 13.2. The third-order valence-electron chi connectivity index (χ3n) is 3.45. The minimum Gasteiger partial charge on any atom is -0.354 e. The highest BCUT2D eigenvalue weighted by Gasteiger charge is 2.25. The monoisotopic (exact) mass is 304 g/mol. The summed E-state index contributed by atoms with van der Waals surface area (Å²) in [6, 6.07) is 3.73. The first-order valence-corrected chi connectivity index (χ1v) is 7.33. The van der Waals surface area contributed by atoms with Crippen molar-refractivity contribution in [1.82, 2.24) is 5.32 Å². The van der Waals surface area contributed by atoms with Crippen LogP contribution in [0.15, 0.2) is 17.5 Å². The molecule has 0 aromatic carbocycles. The lowest BCUT2D eigenvalue weighted by molar-refractivity contribution is -0.123. The van der Waals surface area contributed by atoms with E-state index in [1.54, 1.807) is 11.3 Å². The molecule has 5 heteroatoms. The number of rotatable bonds is 6. The molecular formula is C14H25ClN2OS. The summed E-state index contributed by atoms with van der Waals surface area (Å²) < 4.78 is 0. The Bertz CT molecular complexity index is 379. The van der Waals surface area contributed by atoms with Crippen LogP contribution in [0.25, 0.3) is 0 Å². The van der Waals surface area contributed by atoms with Crippen molar-refractivity contribution in [3.8, 4) is 0 Å². The minimum absolute atomic E-state index is 0. The second-order valence-electron chi connectivity index (χ2n) is 5.49. The highest BCUT2D eigenvalue weighted by molar-refractivity contribution is 7.10. The Kier molecular flexibility index (Phi) is 7.64. The topological polar surface area (TPSA) is 55.1 Å². The molecule has 2 unspecified atom stereocenters. The van der Waals surface area contributed by atoms with Crippen LogP contribution >= 0.6 is 23.7 Å². The molecule has 0 saturated heterocycles. The molecule has 0 aliphatic rings. The third kappa shape index (κ3) is 5.13. The fraction of sp³-hybridized carbons (Fsp3) is 0.643. The molecule has 0 aliphatic heterocycles. The molecule has 1 aromatic rings. The van der Waals surface area contributed by atoms with Crippen molar-refractivity contribution in [2.24, 2.45) is 11.7 Å². The summed E-state index contributed by atoms with van der Waals surface area (Å²) in [7, 11) is 0. The summed E-state index contributed by atoms with van der Waals surface area (Å²) in [5.41, 5.74) is 5.87. The van der Waals surface area contributed by atoms with Crippen LogP contribution in [0.1, 0.15) is 39.0 Å². The van der Waals surface area contributed by atoms with Crippen LogP contribution in [0.5, 0.6) is 0 Å². The summed E-state index contributed by atoms with van der Waals surface area (Å²) >= 11 is 1.72. The van der Waals surface area contributed by atoms with Crippen molar-refractivity contribution in [3.05, 3.63) is 22.4 Å². The lowest BCUT2D eigenvalue weighted by Gasteiger charge is -2.25. The molecule has 2 atom stereocenters. The Morgan fingerprint density at radius 3 is 2.63 bits per heavy atom. The molecule has 0 bridgehead atoms. The van der Waals surface area contributed by atoms with Gasteiger partial charge in [0, 0.05) is 16.8 Å². The molecule has 19 heavy (non-hydrogen) atoms. The summed E-state index contributed by atoms with van der Waals surface area (Å²) in [6.07, 6.45) is 0.920. The molecule has 1 rings (SSSR count). The standard InChI is InChI=1S/C14H24N2OS.ClH/c1-5-10(2)12(15)13(17)16-9-14(3,4)11-7-6-8-18-11;/h6-8,10,12H,5,9,15H2,1-4H3,(H,16,17);1H. The first-order chi connectivity index (χ1) is 8.38. The van der Waals surface area contributed by atoms with Crippen LogP contribution in [-0.4, -0.2) is 18.5 Å². The minimum atomic E-state index is -0.408. The molecule has 3 N–H and O–H groups in total. The van der Waals surface area contributed by atoms with E-state index in [-0.39, 0.29) is 29.6 Å². The molecule has 0 radical (unpaired) electrons. The summed E-state index contributed by atoms with van der Waals surface area (Å²) in [5.74, 6) is 0.170. The van der Waals surface area contributed by atoms with E-state index in [1.807, 2.05) is 19.9 Å². The number of hydrogen-bond donors (Lipinski definition) is 2. The van der Waals surface area contributed by atoms with Gasteiger partial charge < -0.3 is 11.1 Å². The zero-order chi connectivity index (χ0) is 13.8. The van der Waals surface area contributed by atoms with E-state index < -0.39 is 6.04 Å². The van der Waals surface area contributed by atoms with E-state index in [0.717, 1.165) is 6.42 Å². The lowest BCUT2D eigenvalue weighted by Crippen LogP contribution is -2.47. The Hall–Kier alpha value is -0.580. The van der Waals surface area contributed by atoms with Gasteiger partial charge in [-0.25, -0.2) is 0 Å². The maximum atomic E-state index is 11.9. The van der Waals surface area contributed by atoms with E-state index in [4.69, 9.17) is 5.73 Å². The molecule has 1 aromatic heterocycles. The molecule has 0 fully saturated rings. The number of thiophene rings is 1. The Morgan fingerprint density at radius 1 is 1.53 bits per heavy atom. The number of amides is 1. The fourth-order valence-electron chi connectivity index (χ4n) is 1.69. The van der Waals surface area contributed by atoms with Gasteiger partial charge in [0.05, 0.1) is 6.04 Å². The third-order valence-corrected chi connectivity index (χ3v) is 4.69. The zero-order valence-corrected chi connectivity index (χ0v) is 13.7. The number of nitrogens with two attached hydrogens (primary N) is 1. The van der Waals surface area contributed by atoms with Gasteiger partial charge in [-0.2, -0.15) is 0 Å². The second-order valence-corrected chi connectivity index (χ2v) is 6.44. The Morgan fingerprint density at radius 2 is 2.16 bits per heavy atom. The van der Waals surface area contributed by atoms with Gasteiger partial charge in [-0.3, -0.25) is 4.79 Å². The van der Waals surface area contributed by atoms with Crippen LogP contribution in [-0.2, 0) is 10.2 Å². The van der Waals surface area contributed by atoms with Gasteiger partial charge in [0.15, 0.2) is 0 Å². The molecule has 1 amide bonds. The quantitative estimate of drug-likeness (QED) is 0.849. The Labute approximate surface area is 126 Å². The van der Waals surface area contributed by atoms with E-state index in [2.05, 4.69) is 30.6 Å². The highest BCUT2D eigenvalue weighted by Crippen LogP contribution is 2.26. The van der Waals surface area contributed by atoms with Crippen molar-refractivity contribution >= 4 is 29.7 Å². The summed E-state index contributed by atoms with van der Waals surface area (Å²) in [5, 5.41) is 5.03. The van der Waals surface area contributed by atoms with Crippen LogP contribution in [0.2, 0.25) is 0 Å². The number of carbonyl (C=O) groups is 1. The maximum Gasteiger partial charge on any atom is 0.237 e. The zero-order valence-electron chi connectivity index (χ0n) is 12.1. The van der Waals surface area contributed by atoms with E-state index in [9.17, 15) is 4.79 Å². The van der Waals surface area contributed by atoms with Crippen molar-refractivity contribution in [1.29, 1.82) is 0 Å². The van der Waals surface area contributed by atoms with Crippen molar-refractivity contribution in [2.45, 2.75) is 45.6 Å². The molecule has 110 valence electrons. The lowest BCUT2D eigenvalue weighted by atomic mass is 9.91. The highest BCUT2D eigenvalue weighted by atomic mass is 35.5. The molecule has 0 saturated carbocycles. The van der Waals surface area contributed by atoms with Crippen LogP contribution < -0.4 is 11.1 Å². The predicted molar refractivity (Wildman–Crippen MR) is 85.0 cm³/mol. The first-order valence-electron chi connectivity index (χ1n) is 6.45. The molecule has 1 heterocycles. The van der Waals surface area contributed by atoms with Gasteiger partial charge in [0.1, 0.15) is 0 Å². The molecule has 3 nitrogen and oxygen atoms in total. The second kappa shape index (κ2) is 7.88. The van der Waals surface area contributed by atoms with E-state index in [1.165, 1.54) is 4.88 Å². The molecule has 0 aliphatic carbocycles. The van der Waals surface area contributed by atoms with Crippen molar-refractivity contribution < 1.29 is 4.79 Å². The van der Waals surface area contributed by atoms with Gasteiger partial charge in [-0.15, -0.1) is 23.7 Å². The van der Waals surface area contributed by atoms with Crippen LogP contribution in [0.4, 0.5) is 0 Å². The number of hydrogen-bond acceptors (Lipinski definition) is 3. The molecular weight excluding hydrogens is 280 g/mol. The normalized spacial score (nSPS) is 14.4. The smallest absolute Gasteiger partial charge is 0.237 e. The van der Waals surface area contributed by atoms with Gasteiger partial charge >= 0.3 is 0 Å². The van der Waals surface area contributed by atoms with Gasteiger partial charge in [0.2, 0.25) is 5.91 Å². The fourth-order valence-corrected chi connectivity index (χ4v) is 2.54. The molecule has 0 spiro atoms. The van der Waals surface area contributed by atoms with E-state index >= 15 is 0 Å². The number of halogens is 1. The predicted octanol–water partition coefficient (Wildman–Crippen LogP) is 2.94. The van der Waals surface area contributed by atoms with Crippen LogP contribution in [0, 0.1) is 5.92 Å². The largest absolute Gasteiger partial charge is 0.354 e. The SMILES string of the molecule is CCC(C)C(N)C(=O)NCC(C)(C)c1cccs1.Cl. The maximum absolute atomic E-state index is 11.9. The summed E-state index contributed by atoms with van der Waals surface area (Å²) in [6.45, 7) is 8.94. The van der Waals surface area contributed by atoms with E-state index in [0.29, 0.717) is 6.54 Å². The Balaban J connectivity index is 0.00000324. The first kappa shape index (κ1) is 18.4. The van der Waals surface area contributed by atoms with Gasteiger partial charge in [-0.1, -0.05) is 40.2 Å². The average molecular weight is 305 g/mol.